The number of allylic oxidation sites excluding steroid dienone is 2. The van der Waals surface area contributed by atoms with Crippen molar-refractivity contribution in [2.24, 2.45) is 0 Å². The molecule has 0 atom stereocenters. The molecule has 3 nitrogen and oxygen atoms in total. The fraction of sp³-hybridized carbons (Fsp3) is 0.167. The lowest BCUT2D eigenvalue weighted by Gasteiger charge is -2.07. The van der Waals surface area contributed by atoms with Gasteiger partial charge in [-0.25, -0.2) is 4.39 Å². The summed E-state index contributed by atoms with van der Waals surface area (Å²) in [6.07, 6.45) is 0.0132. The Balaban J connectivity index is 3.14. The minimum atomic E-state index is -0.570. The zero-order valence-electron chi connectivity index (χ0n) is 9.00. The molecule has 0 spiro atoms. The van der Waals surface area contributed by atoms with E-state index in [0.717, 1.165) is 0 Å². The average molecular weight is 251 g/mol. The average Bonchev–Trinajstić information content (AvgIpc) is 2.34. The maximum Gasteiger partial charge on any atom is 0.167 e. The lowest BCUT2D eigenvalue weighted by Crippen LogP contribution is -1.99. The summed E-state index contributed by atoms with van der Waals surface area (Å²) in [6, 6.07) is 7.92. The summed E-state index contributed by atoms with van der Waals surface area (Å²) < 4.78 is 18.5. The van der Waals surface area contributed by atoms with E-state index in [2.05, 4.69) is 0 Å². The largest absolute Gasteiger partial charge is 0.499 e. The molecule has 0 saturated carbocycles. The molecule has 0 N–H and O–H groups in total. The van der Waals surface area contributed by atoms with E-state index in [0.29, 0.717) is 0 Å². The second-order valence-electron chi connectivity index (χ2n) is 3.12. The van der Waals surface area contributed by atoms with Crippen LogP contribution in [0, 0.1) is 28.5 Å². The molecule has 0 aliphatic heterocycles. The van der Waals surface area contributed by atoms with Gasteiger partial charge in [0.15, 0.2) is 5.57 Å². The van der Waals surface area contributed by atoms with Gasteiger partial charge in [0.2, 0.25) is 0 Å². The van der Waals surface area contributed by atoms with E-state index in [1.807, 2.05) is 0 Å². The summed E-state index contributed by atoms with van der Waals surface area (Å²) in [4.78, 5) is 0. The molecular formula is C12H8ClFN2O. The Hall–Kier alpha value is -2.04. The first kappa shape index (κ1) is 13.0. The van der Waals surface area contributed by atoms with Gasteiger partial charge < -0.3 is 4.74 Å². The van der Waals surface area contributed by atoms with Gasteiger partial charge in [-0.3, -0.25) is 0 Å². The van der Waals surface area contributed by atoms with Crippen LogP contribution >= 0.6 is 11.6 Å². The van der Waals surface area contributed by atoms with E-state index in [4.69, 9.17) is 26.9 Å². The highest BCUT2D eigenvalue weighted by atomic mass is 35.5. The first-order chi connectivity index (χ1) is 8.13. The second kappa shape index (κ2) is 5.89. The first-order valence-corrected chi connectivity index (χ1v) is 5.02. The van der Waals surface area contributed by atoms with Gasteiger partial charge in [0.05, 0.1) is 12.1 Å². The molecule has 1 rings (SSSR count). The van der Waals surface area contributed by atoms with Crippen LogP contribution < -0.4 is 0 Å². The van der Waals surface area contributed by atoms with Crippen LogP contribution in [0.25, 0.3) is 0 Å². The topological polar surface area (TPSA) is 56.8 Å². The molecule has 5 heteroatoms. The van der Waals surface area contributed by atoms with Crippen molar-refractivity contribution in [1.82, 2.24) is 0 Å². The quantitative estimate of drug-likeness (QED) is 0.612. The van der Waals surface area contributed by atoms with E-state index < -0.39 is 5.82 Å². The molecule has 17 heavy (non-hydrogen) atoms. The van der Waals surface area contributed by atoms with Crippen LogP contribution in [0.2, 0.25) is 5.02 Å². The highest BCUT2D eigenvalue weighted by Crippen LogP contribution is 2.21. The predicted octanol–water partition coefficient (Wildman–Crippen LogP) is 2.97. The Morgan fingerprint density at radius 1 is 1.41 bits per heavy atom. The Labute approximate surface area is 103 Å². The van der Waals surface area contributed by atoms with E-state index in [-0.39, 0.29) is 28.3 Å². The maximum absolute atomic E-state index is 13.6. The van der Waals surface area contributed by atoms with Gasteiger partial charge in [-0.05, 0) is 11.6 Å². The highest BCUT2D eigenvalue weighted by molar-refractivity contribution is 6.30. The van der Waals surface area contributed by atoms with Crippen LogP contribution in [0.4, 0.5) is 4.39 Å². The van der Waals surface area contributed by atoms with Gasteiger partial charge in [0, 0.05) is 6.42 Å². The summed E-state index contributed by atoms with van der Waals surface area (Å²) in [5, 5.41) is 17.4. The monoisotopic (exact) mass is 250 g/mol. The zero-order valence-corrected chi connectivity index (χ0v) is 9.75. The number of benzene rings is 1. The predicted molar refractivity (Wildman–Crippen MR) is 60.4 cm³/mol. The number of methoxy groups -OCH3 is 1. The summed E-state index contributed by atoms with van der Waals surface area (Å²) in [7, 11) is 1.33. The highest BCUT2D eigenvalue weighted by Gasteiger charge is 2.12. The summed E-state index contributed by atoms with van der Waals surface area (Å²) in [6.45, 7) is 0. The molecule has 0 unspecified atom stereocenters. The Morgan fingerprint density at radius 2 is 2.06 bits per heavy atom. The molecule has 1 aromatic carbocycles. The molecule has 0 radical (unpaired) electrons. The number of ether oxygens (including phenoxy) is 1. The van der Waals surface area contributed by atoms with Crippen molar-refractivity contribution >= 4 is 11.6 Å². The van der Waals surface area contributed by atoms with E-state index in [1.54, 1.807) is 18.2 Å². The lowest BCUT2D eigenvalue weighted by atomic mass is 10.1. The van der Waals surface area contributed by atoms with Gasteiger partial charge in [0.25, 0.3) is 0 Å². The lowest BCUT2D eigenvalue weighted by molar-refractivity contribution is 0.280. The van der Waals surface area contributed by atoms with Crippen molar-refractivity contribution in [2.75, 3.05) is 7.11 Å². The van der Waals surface area contributed by atoms with Gasteiger partial charge in [-0.15, -0.1) is 0 Å². The zero-order chi connectivity index (χ0) is 12.8. The number of nitriles is 2. The fourth-order valence-electron chi connectivity index (χ4n) is 1.27. The van der Waals surface area contributed by atoms with Gasteiger partial charge >= 0.3 is 0 Å². The van der Waals surface area contributed by atoms with Crippen molar-refractivity contribution in [1.29, 1.82) is 10.5 Å². The number of halogens is 2. The molecule has 0 fully saturated rings. The van der Waals surface area contributed by atoms with E-state index in [1.165, 1.54) is 19.2 Å². The normalized spacial score (nSPS) is 9.00. The van der Waals surface area contributed by atoms with Crippen LogP contribution in [0.1, 0.15) is 5.56 Å². The standard InChI is InChI=1S/C12H8ClFN2O/c1-17-11(9(6-15)7-16)5-8-3-2-4-10(13)12(8)14/h2-4H,5H2,1H3. The third-order valence-corrected chi connectivity index (χ3v) is 2.42. The van der Waals surface area contributed by atoms with Crippen LogP contribution in [0.3, 0.4) is 0 Å². The van der Waals surface area contributed by atoms with Crippen molar-refractivity contribution in [3.05, 3.63) is 45.9 Å². The summed E-state index contributed by atoms with van der Waals surface area (Å²) in [5.74, 6) is -0.449. The summed E-state index contributed by atoms with van der Waals surface area (Å²) in [5.41, 5.74) is 0.101. The third-order valence-electron chi connectivity index (χ3n) is 2.13. The Kier molecular flexibility index (Phi) is 4.51. The van der Waals surface area contributed by atoms with Crippen LogP contribution in [-0.4, -0.2) is 7.11 Å². The van der Waals surface area contributed by atoms with Crippen LogP contribution in [0.5, 0.6) is 0 Å². The van der Waals surface area contributed by atoms with E-state index in [9.17, 15) is 4.39 Å². The van der Waals surface area contributed by atoms with Crippen LogP contribution in [0.15, 0.2) is 29.5 Å². The molecule has 0 heterocycles. The molecule has 0 aliphatic rings. The smallest absolute Gasteiger partial charge is 0.167 e. The maximum atomic E-state index is 13.6. The third kappa shape index (κ3) is 2.96. The molecule has 0 saturated heterocycles. The second-order valence-corrected chi connectivity index (χ2v) is 3.52. The Morgan fingerprint density at radius 3 is 2.59 bits per heavy atom. The molecule has 86 valence electrons. The van der Waals surface area contributed by atoms with Gasteiger partial charge in [0.1, 0.15) is 23.7 Å². The number of nitrogens with zero attached hydrogens (tertiary/aromatic N) is 2. The fourth-order valence-corrected chi connectivity index (χ4v) is 1.46. The van der Waals surface area contributed by atoms with Gasteiger partial charge in [-0.2, -0.15) is 10.5 Å². The van der Waals surface area contributed by atoms with Crippen molar-refractivity contribution < 1.29 is 9.13 Å². The molecule has 1 aromatic rings. The molecule has 0 amide bonds. The number of hydrogen-bond acceptors (Lipinski definition) is 3. The van der Waals surface area contributed by atoms with Crippen LogP contribution in [-0.2, 0) is 11.2 Å². The number of rotatable bonds is 3. The minimum absolute atomic E-state index is 0.00609. The molecule has 0 bridgehead atoms. The molecular weight excluding hydrogens is 243 g/mol. The molecule has 0 aromatic heterocycles. The van der Waals surface area contributed by atoms with Crippen molar-refractivity contribution in [3.8, 4) is 12.1 Å². The number of hydrogen-bond donors (Lipinski definition) is 0. The molecule has 0 aliphatic carbocycles. The van der Waals surface area contributed by atoms with Crippen molar-refractivity contribution in [2.45, 2.75) is 6.42 Å². The first-order valence-electron chi connectivity index (χ1n) is 4.64. The summed E-state index contributed by atoms with van der Waals surface area (Å²) >= 11 is 5.63. The SMILES string of the molecule is COC(Cc1cccc(Cl)c1F)=C(C#N)C#N. The van der Waals surface area contributed by atoms with Crippen molar-refractivity contribution in [3.63, 3.8) is 0 Å². The van der Waals surface area contributed by atoms with Gasteiger partial charge in [-0.1, -0.05) is 23.7 Å². The minimum Gasteiger partial charge on any atom is -0.499 e. The Bertz CT molecular complexity index is 524. The van der Waals surface area contributed by atoms with E-state index >= 15 is 0 Å².